The fourth-order valence-electron chi connectivity index (χ4n) is 3.68. The summed E-state index contributed by atoms with van der Waals surface area (Å²) in [5.41, 5.74) is 3.23. The molecule has 3 rings (SSSR count). The van der Waals surface area contributed by atoms with Crippen LogP contribution in [0.5, 0.6) is 0 Å². The van der Waals surface area contributed by atoms with Crippen LogP contribution in [0.2, 0.25) is 0 Å². The second kappa shape index (κ2) is 3.13. The van der Waals surface area contributed by atoms with Crippen molar-refractivity contribution in [3.63, 3.8) is 0 Å². The van der Waals surface area contributed by atoms with E-state index in [1.807, 2.05) is 0 Å². The van der Waals surface area contributed by atoms with Crippen molar-refractivity contribution in [3.05, 3.63) is 42.5 Å². The Morgan fingerprint density at radius 1 is 1.44 bits per heavy atom. The minimum absolute atomic E-state index is 0.283. The predicted molar refractivity (Wildman–Crippen MR) is 68.9 cm³/mol. The van der Waals surface area contributed by atoms with Gasteiger partial charge in [0.05, 0.1) is 0 Å². The summed E-state index contributed by atoms with van der Waals surface area (Å²) in [4.78, 5) is 2.47. The summed E-state index contributed by atoms with van der Waals surface area (Å²) in [6, 6.07) is 9.53. The van der Waals surface area contributed by atoms with E-state index in [9.17, 15) is 0 Å². The molecule has 1 heterocycles. The lowest BCUT2D eigenvalue weighted by Crippen LogP contribution is -2.29. The first-order valence-corrected chi connectivity index (χ1v) is 6.13. The Morgan fingerprint density at radius 2 is 2.19 bits per heavy atom. The summed E-state index contributed by atoms with van der Waals surface area (Å²) in [5.74, 6) is 0.645. The van der Waals surface area contributed by atoms with E-state index in [1.165, 1.54) is 24.1 Å². The molecule has 0 N–H and O–H groups in total. The van der Waals surface area contributed by atoms with Gasteiger partial charge in [0.15, 0.2) is 0 Å². The summed E-state index contributed by atoms with van der Waals surface area (Å²) >= 11 is 0. The molecule has 3 unspecified atom stereocenters. The highest BCUT2D eigenvalue weighted by Gasteiger charge is 2.50. The van der Waals surface area contributed by atoms with Crippen LogP contribution in [0.4, 0.5) is 5.69 Å². The van der Waals surface area contributed by atoms with Gasteiger partial charge in [-0.2, -0.15) is 0 Å². The monoisotopic (exact) mass is 213 g/mol. The van der Waals surface area contributed by atoms with Crippen LogP contribution in [0.1, 0.15) is 31.2 Å². The zero-order valence-corrected chi connectivity index (χ0v) is 10.1. The van der Waals surface area contributed by atoms with Crippen molar-refractivity contribution < 1.29 is 0 Å². The van der Waals surface area contributed by atoms with Gasteiger partial charge >= 0.3 is 0 Å². The molecule has 0 spiro atoms. The number of nitrogens with zero attached hydrogens (tertiary/aromatic N) is 1. The molecular formula is C15H19N. The number of para-hydroxylation sites is 1. The average molecular weight is 213 g/mol. The molecule has 1 aromatic carbocycles. The molecule has 3 atom stereocenters. The smallest absolute Gasteiger partial charge is 0.0402 e. The largest absolute Gasteiger partial charge is 0.371 e. The van der Waals surface area contributed by atoms with Gasteiger partial charge in [-0.1, -0.05) is 31.2 Å². The zero-order valence-electron chi connectivity index (χ0n) is 10.1. The molecule has 1 saturated carbocycles. The molecule has 0 bridgehead atoms. The Labute approximate surface area is 97.8 Å². The molecule has 1 fully saturated rings. The number of likely N-dealkylation sites (N-methyl/N-ethyl adjacent to an activating group) is 1. The molecule has 84 valence electrons. The molecule has 1 aliphatic heterocycles. The highest BCUT2D eigenvalue weighted by molar-refractivity contribution is 5.63. The van der Waals surface area contributed by atoms with E-state index < -0.39 is 0 Å². The molecule has 1 aliphatic carbocycles. The Bertz CT molecular complexity index is 437. The van der Waals surface area contributed by atoms with E-state index in [-0.39, 0.29) is 5.41 Å². The molecule has 16 heavy (non-hydrogen) atoms. The van der Waals surface area contributed by atoms with E-state index in [1.54, 1.807) is 0 Å². The van der Waals surface area contributed by atoms with Crippen LogP contribution < -0.4 is 4.90 Å². The van der Waals surface area contributed by atoms with Crippen molar-refractivity contribution >= 4 is 5.69 Å². The Kier molecular flexibility index (Phi) is 1.95. The van der Waals surface area contributed by atoms with Gasteiger partial charge in [-0.05, 0) is 29.9 Å². The summed E-state index contributed by atoms with van der Waals surface area (Å²) in [6.45, 7) is 6.42. The lowest BCUT2D eigenvalue weighted by atomic mass is 9.76. The van der Waals surface area contributed by atoms with Crippen LogP contribution in [0.15, 0.2) is 36.9 Å². The van der Waals surface area contributed by atoms with Gasteiger partial charge in [0, 0.05) is 24.7 Å². The van der Waals surface area contributed by atoms with Gasteiger partial charge in [-0.3, -0.25) is 0 Å². The minimum Gasteiger partial charge on any atom is -0.371 e. The summed E-state index contributed by atoms with van der Waals surface area (Å²) in [7, 11) is 2.23. The molecule has 1 nitrogen and oxygen atoms in total. The maximum atomic E-state index is 4.05. The van der Waals surface area contributed by atoms with Gasteiger partial charge in [0.2, 0.25) is 0 Å². The Morgan fingerprint density at radius 3 is 2.94 bits per heavy atom. The van der Waals surface area contributed by atoms with Crippen LogP contribution >= 0.6 is 0 Å². The van der Waals surface area contributed by atoms with Gasteiger partial charge < -0.3 is 4.90 Å². The molecule has 0 radical (unpaired) electrons. The summed E-state index contributed by atoms with van der Waals surface area (Å²) in [5, 5.41) is 0. The van der Waals surface area contributed by atoms with E-state index in [0.717, 1.165) is 0 Å². The minimum atomic E-state index is 0.283. The first-order chi connectivity index (χ1) is 7.67. The van der Waals surface area contributed by atoms with Crippen molar-refractivity contribution in [3.8, 4) is 0 Å². The van der Waals surface area contributed by atoms with E-state index in [4.69, 9.17) is 0 Å². The highest BCUT2D eigenvalue weighted by atomic mass is 15.2. The third-order valence-corrected chi connectivity index (χ3v) is 4.69. The lowest BCUT2D eigenvalue weighted by Gasteiger charge is -2.28. The predicted octanol–water partition coefficient (Wildman–Crippen LogP) is 3.57. The Hall–Kier alpha value is -1.24. The van der Waals surface area contributed by atoms with Crippen LogP contribution in [-0.2, 0) is 0 Å². The van der Waals surface area contributed by atoms with E-state index >= 15 is 0 Å². The fourth-order valence-corrected chi connectivity index (χ4v) is 3.68. The van der Waals surface area contributed by atoms with E-state index in [2.05, 4.69) is 55.8 Å². The standard InChI is InChI=1S/C15H19N/c1-4-15(2)10-9-13-14(15)11-7-5-6-8-12(11)16(13)3/h4-8,13-14H,1,9-10H2,2-3H3. The topological polar surface area (TPSA) is 3.24 Å². The SMILES string of the molecule is C=CC1(C)CCC2C1c1ccccc1N2C. The number of rotatable bonds is 1. The molecule has 0 saturated heterocycles. The van der Waals surface area contributed by atoms with Crippen molar-refractivity contribution in [1.29, 1.82) is 0 Å². The average Bonchev–Trinajstić information content (AvgIpc) is 2.80. The maximum absolute atomic E-state index is 4.05. The third-order valence-electron chi connectivity index (χ3n) is 4.69. The zero-order chi connectivity index (χ0) is 11.3. The molecule has 0 amide bonds. The lowest BCUT2D eigenvalue weighted by molar-refractivity contribution is 0.386. The van der Waals surface area contributed by atoms with E-state index in [0.29, 0.717) is 12.0 Å². The molecule has 1 aromatic rings. The van der Waals surface area contributed by atoms with Crippen LogP contribution in [-0.4, -0.2) is 13.1 Å². The molecule has 0 aromatic heterocycles. The van der Waals surface area contributed by atoms with Gasteiger partial charge in [-0.15, -0.1) is 6.58 Å². The number of hydrogen-bond donors (Lipinski definition) is 0. The van der Waals surface area contributed by atoms with Crippen molar-refractivity contribution in [2.24, 2.45) is 5.41 Å². The van der Waals surface area contributed by atoms with Crippen molar-refractivity contribution in [2.75, 3.05) is 11.9 Å². The van der Waals surface area contributed by atoms with Crippen LogP contribution in [0.3, 0.4) is 0 Å². The van der Waals surface area contributed by atoms with Gasteiger partial charge in [-0.25, -0.2) is 0 Å². The summed E-state index contributed by atoms with van der Waals surface area (Å²) < 4.78 is 0. The highest BCUT2D eigenvalue weighted by Crippen LogP contribution is 2.57. The molecular weight excluding hydrogens is 194 g/mol. The number of fused-ring (bicyclic) bond motifs is 3. The third kappa shape index (κ3) is 1.06. The second-order valence-electron chi connectivity index (χ2n) is 5.46. The summed E-state index contributed by atoms with van der Waals surface area (Å²) in [6.07, 6.45) is 4.73. The number of hydrogen-bond acceptors (Lipinski definition) is 1. The van der Waals surface area contributed by atoms with Gasteiger partial charge in [0.25, 0.3) is 0 Å². The number of benzene rings is 1. The van der Waals surface area contributed by atoms with Crippen molar-refractivity contribution in [2.45, 2.75) is 31.7 Å². The first kappa shape index (κ1) is 9.95. The first-order valence-electron chi connectivity index (χ1n) is 6.13. The normalized spacial score (nSPS) is 36.0. The molecule has 1 heteroatoms. The maximum Gasteiger partial charge on any atom is 0.0402 e. The van der Waals surface area contributed by atoms with Crippen molar-refractivity contribution in [1.82, 2.24) is 0 Å². The second-order valence-corrected chi connectivity index (χ2v) is 5.46. The quantitative estimate of drug-likeness (QED) is 0.645. The number of anilines is 1. The van der Waals surface area contributed by atoms with Crippen LogP contribution in [0, 0.1) is 5.41 Å². The van der Waals surface area contributed by atoms with Gasteiger partial charge in [0.1, 0.15) is 0 Å². The number of allylic oxidation sites excluding steroid dienone is 1. The van der Waals surface area contributed by atoms with Crippen LogP contribution in [0.25, 0.3) is 0 Å². The Balaban J connectivity index is 2.15. The fraction of sp³-hybridized carbons (Fsp3) is 0.467. The molecule has 2 aliphatic rings.